The summed E-state index contributed by atoms with van der Waals surface area (Å²) in [7, 11) is 0. The molecule has 0 fully saturated rings. The Labute approximate surface area is 170 Å². The second-order valence-electron chi connectivity index (χ2n) is 7.29. The summed E-state index contributed by atoms with van der Waals surface area (Å²) < 4.78 is 5.68. The minimum absolute atomic E-state index is 0.254. The summed E-state index contributed by atoms with van der Waals surface area (Å²) in [6.45, 7) is 7.77. The van der Waals surface area contributed by atoms with Crippen LogP contribution in [0.4, 0.5) is 5.69 Å². The summed E-state index contributed by atoms with van der Waals surface area (Å²) in [4.78, 5) is 12.1. The van der Waals surface area contributed by atoms with Crippen LogP contribution in [-0.4, -0.2) is 12.0 Å². The van der Waals surface area contributed by atoms with Crippen molar-refractivity contribution in [2.24, 2.45) is 0 Å². The van der Waals surface area contributed by atoms with Crippen LogP contribution >= 0.6 is 0 Å². The van der Waals surface area contributed by atoms with Crippen molar-refractivity contribution in [1.82, 2.24) is 0 Å². The fraction of sp³-hybridized carbons (Fsp3) is 0.115. The average molecular weight is 381 g/mol. The molecule has 144 valence electrons. The average Bonchev–Trinajstić information content (AvgIpc) is 2.73. The Hall–Kier alpha value is -3.59. The highest BCUT2D eigenvalue weighted by Gasteiger charge is 2.19. The summed E-state index contributed by atoms with van der Waals surface area (Å²) in [6.07, 6.45) is 1.19. The number of anilines is 1. The number of benzene rings is 4. The lowest BCUT2D eigenvalue weighted by molar-refractivity contribution is -0.128. The van der Waals surface area contributed by atoms with Crippen molar-refractivity contribution in [1.29, 1.82) is 0 Å². The maximum atomic E-state index is 12.1. The first-order valence-electron chi connectivity index (χ1n) is 9.73. The van der Waals surface area contributed by atoms with Gasteiger partial charge >= 0.3 is 5.97 Å². The van der Waals surface area contributed by atoms with Crippen LogP contribution in [0.2, 0.25) is 0 Å². The van der Waals surface area contributed by atoms with Crippen LogP contribution in [0.25, 0.3) is 32.7 Å². The van der Waals surface area contributed by atoms with Gasteiger partial charge in [-0.25, -0.2) is 4.79 Å². The maximum Gasteiger partial charge on any atom is 0.335 e. The molecule has 4 aromatic rings. The van der Waals surface area contributed by atoms with Crippen LogP contribution < -0.4 is 10.1 Å². The number of ether oxygens (including phenoxy) is 1. The van der Waals surface area contributed by atoms with E-state index in [-0.39, 0.29) is 6.04 Å². The minimum atomic E-state index is -0.472. The topological polar surface area (TPSA) is 38.3 Å². The first kappa shape index (κ1) is 18.8. The van der Waals surface area contributed by atoms with Crippen molar-refractivity contribution in [3.05, 3.63) is 85.5 Å². The van der Waals surface area contributed by atoms with Gasteiger partial charge in [0.2, 0.25) is 0 Å². The van der Waals surface area contributed by atoms with Gasteiger partial charge in [0, 0.05) is 28.9 Å². The van der Waals surface area contributed by atoms with Crippen LogP contribution in [-0.2, 0) is 4.79 Å². The number of carbonyl (C=O) groups is 1. The smallest absolute Gasteiger partial charge is 0.335 e. The van der Waals surface area contributed by atoms with E-state index in [1.54, 1.807) is 0 Å². The summed E-state index contributed by atoms with van der Waals surface area (Å²) in [6, 6.07) is 24.7. The summed E-state index contributed by atoms with van der Waals surface area (Å²) in [5, 5.41) is 7.91. The predicted octanol–water partition coefficient (Wildman–Crippen LogP) is 6.57. The molecule has 1 N–H and O–H groups in total. The van der Waals surface area contributed by atoms with Crippen molar-refractivity contribution in [3.8, 4) is 16.9 Å². The molecule has 3 heteroatoms. The van der Waals surface area contributed by atoms with E-state index in [2.05, 4.69) is 62.1 Å². The van der Waals surface area contributed by atoms with Gasteiger partial charge in [0.1, 0.15) is 5.75 Å². The van der Waals surface area contributed by atoms with Crippen molar-refractivity contribution in [2.45, 2.75) is 19.9 Å². The monoisotopic (exact) mass is 381 g/mol. The molecule has 0 aromatic heterocycles. The SMILES string of the molecule is C=CC(=O)Oc1ccc2ccccc2c1-c1c(NC(C)C)ccc2ccccc12. The Morgan fingerprint density at radius 3 is 2.07 bits per heavy atom. The van der Waals surface area contributed by atoms with Crippen LogP contribution in [0.3, 0.4) is 0 Å². The highest BCUT2D eigenvalue weighted by molar-refractivity contribution is 6.12. The van der Waals surface area contributed by atoms with Gasteiger partial charge in [0.05, 0.1) is 0 Å². The molecule has 0 saturated carbocycles. The van der Waals surface area contributed by atoms with Crippen molar-refractivity contribution in [2.75, 3.05) is 5.32 Å². The Morgan fingerprint density at radius 2 is 1.45 bits per heavy atom. The second kappa shape index (κ2) is 7.80. The zero-order chi connectivity index (χ0) is 20.4. The molecule has 0 saturated heterocycles. The first-order valence-corrected chi connectivity index (χ1v) is 9.73. The lowest BCUT2D eigenvalue weighted by Gasteiger charge is -2.20. The van der Waals surface area contributed by atoms with Crippen LogP contribution in [0.1, 0.15) is 13.8 Å². The molecule has 0 unspecified atom stereocenters. The van der Waals surface area contributed by atoms with Crippen LogP contribution in [0.15, 0.2) is 85.5 Å². The number of nitrogens with one attached hydrogen (secondary N) is 1. The van der Waals surface area contributed by atoms with Gasteiger partial charge in [-0.15, -0.1) is 0 Å². The Bertz CT molecular complexity index is 1220. The number of hydrogen-bond acceptors (Lipinski definition) is 3. The number of fused-ring (bicyclic) bond motifs is 2. The van der Waals surface area contributed by atoms with Crippen LogP contribution in [0.5, 0.6) is 5.75 Å². The fourth-order valence-electron chi connectivity index (χ4n) is 3.72. The van der Waals surface area contributed by atoms with E-state index >= 15 is 0 Å². The molecule has 0 aliphatic carbocycles. The molecule has 0 atom stereocenters. The van der Waals surface area contributed by atoms with Gasteiger partial charge in [-0.1, -0.05) is 67.2 Å². The molecule has 0 aliphatic heterocycles. The number of hydrogen-bond donors (Lipinski definition) is 1. The Morgan fingerprint density at radius 1 is 0.862 bits per heavy atom. The zero-order valence-corrected chi connectivity index (χ0v) is 16.6. The molecule has 4 aromatic carbocycles. The van der Waals surface area contributed by atoms with Crippen molar-refractivity contribution < 1.29 is 9.53 Å². The summed E-state index contributed by atoms with van der Waals surface area (Å²) >= 11 is 0. The summed E-state index contributed by atoms with van der Waals surface area (Å²) in [5.41, 5.74) is 2.93. The van der Waals surface area contributed by atoms with Gasteiger partial charge in [0.15, 0.2) is 0 Å². The first-order chi connectivity index (χ1) is 14.1. The van der Waals surface area contributed by atoms with E-state index in [1.807, 2.05) is 36.4 Å². The highest BCUT2D eigenvalue weighted by atomic mass is 16.5. The van der Waals surface area contributed by atoms with Gasteiger partial charge in [0.25, 0.3) is 0 Å². The van der Waals surface area contributed by atoms with Gasteiger partial charge in [-0.2, -0.15) is 0 Å². The zero-order valence-electron chi connectivity index (χ0n) is 16.6. The van der Waals surface area contributed by atoms with Gasteiger partial charge < -0.3 is 10.1 Å². The number of rotatable bonds is 5. The molecular formula is C26H23NO2. The van der Waals surface area contributed by atoms with Gasteiger partial charge in [-0.3, -0.25) is 0 Å². The summed E-state index contributed by atoms with van der Waals surface area (Å²) in [5.74, 6) is 0.0527. The molecule has 4 rings (SSSR count). The highest BCUT2D eigenvalue weighted by Crippen LogP contribution is 2.44. The molecule has 0 heterocycles. The number of esters is 1. The molecule has 0 aliphatic rings. The standard InChI is InChI=1S/C26H23NO2/c1-4-24(28)29-23-16-14-19-10-6-8-12-21(19)26(23)25-20-11-7-5-9-18(20)13-15-22(25)27-17(2)3/h4-17,27H,1H2,2-3H3. The van der Waals surface area contributed by atoms with Crippen molar-refractivity contribution in [3.63, 3.8) is 0 Å². The fourth-order valence-corrected chi connectivity index (χ4v) is 3.72. The van der Waals surface area contributed by atoms with E-state index in [9.17, 15) is 4.79 Å². The van der Waals surface area contributed by atoms with E-state index in [0.29, 0.717) is 5.75 Å². The lowest BCUT2D eigenvalue weighted by atomic mass is 9.91. The Balaban J connectivity index is 2.12. The maximum absolute atomic E-state index is 12.1. The lowest BCUT2D eigenvalue weighted by Crippen LogP contribution is -2.11. The number of carbonyl (C=O) groups excluding carboxylic acids is 1. The molecule has 29 heavy (non-hydrogen) atoms. The van der Waals surface area contributed by atoms with Crippen molar-refractivity contribution >= 4 is 33.2 Å². The second-order valence-corrected chi connectivity index (χ2v) is 7.29. The Kier molecular flexibility index (Phi) is 5.05. The quantitative estimate of drug-likeness (QED) is 0.241. The third-order valence-corrected chi connectivity index (χ3v) is 4.89. The van der Waals surface area contributed by atoms with E-state index < -0.39 is 5.97 Å². The van der Waals surface area contributed by atoms with E-state index in [0.717, 1.165) is 38.4 Å². The molecule has 3 nitrogen and oxygen atoms in total. The molecule has 0 bridgehead atoms. The van der Waals surface area contributed by atoms with Crippen LogP contribution in [0, 0.1) is 0 Å². The van der Waals surface area contributed by atoms with E-state index in [1.165, 1.54) is 6.08 Å². The predicted molar refractivity (Wildman–Crippen MR) is 121 cm³/mol. The molecule has 0 amide bonds. The largest absolute Gasteiger partial charge is 0.423 e. The van der Waals surface area contributed by atoms with Gasteiger partial charge in [-0.05, 0) is 47.5 Å². The minimum Gasteiger partial charge on any atom is -0.423 e. The molecule has 0 radical (unpaired) electrons. The third kappa shape index (κ3) is 3.59. The van der Waals surface area contributed by atoms with E-state index in [4.69, 9.17) is 4.74 Å². The normalized spacial score (nSPS) is 11.0. The third-order valence-electron chi connectivity index (χ3n) is 4.89. The molecular weight excluding hydrogens is 358 g/mol. The molecule has 0 spiro atoms.